The number of nitrogens with one attached hydrogen (secondary N) is 5. The standard InChI is InChI=1S/C81H83N19O9/c1-98-38-28-49(29-39-98)71-59-20-22-61(91-59)72(50-30-40-99(2)41-31-50)63-24-26-65(93-63)74(66-27-25-64(94-66)73(62-23-21-60(71)92-62)51-32-42-100(3)43-33-51)52-44-53(46-54(45-52)109-48-70(102)96-68(78(105)107-4)19-13-37-88-80(84)85)108-47-69(101)95-67(18-12-36-87-79(82)83)76(103)97-81(106)89-35-11-5-10-34-86-77(104)75-55-14-6-8-16-57(55)90-58-17-9-7-15-56(58)75/h6-9,14-17,20-33,38-46,67-68H,5,10-13,18-19,34-37,47-48H2,1-4H3,(H12-2,82,83,84,85,86,87,88,89,91,92,93,94,95,96,97,101,102,103,104,106)/p+2. The summed E-state index contributed by atoms with van der Waals surface area (Å²) in [7, 11) is 7.08. The van der Waals surface area contributed by atoms with E-state index >= 15 is 0 Å². The molecule has 556 valence electrons. The number of benzene rings is 3. The maximum atomic E-state index is 13.0. The maximum Gasteiger partial charge on any atom is 0.330 e. The van der Waals surface area contributed by atoms with E-state index in [-0.39, 0.29) is 68.2 Å². The molecule has 2 unspecified atom stereocenters. The number of aliphatic hydroxyl groups is 5. The molecule has 0 spiro atoms. The van der Waals surface area contributed by atoms with Gasteiger partial charge in [-0.25, -0.2) is 48.9 Å². The van der Waals surface area contributed by atoms with Crippen molar-refractivity contribution in [1.82, 2.24) is 25.5 Å². The summed E-state index contributed by atoms with van der Waals surface area (Å²) < 4.78 is 21.8. The number of esters is 1. The molecule has 7 aromatic rings. The number of rotatable bonds is 28. The zero-order valence-electron chi connectivity index (χ0n) is 60.6. The van der Waals surface area contributed by atoms with Crippen molar-refractivity contribution in [2.45, 2.75) is 57.0 Å². The molecule has 8 bridgehead atoms. The number of guanidine groups is 2. The molecular formula is C81H85N19O9+2. The minimum atomic E-state index is -1.26. The number of carbonyl (C=O) groups is 1. The van der Waals surface area contributed by atoms with E-state index in [2.05, 4.69) is 52.7 Å². The number of allylic oxidation sites excluding steroid dienone is 11. The largest absolute Gasteiger partial charge is 0.495 e. The maximum absolute atomic E-state index is 13.0. The summed E-state index contributed by atoms with van der Waals surface area (Å²) >= 11 is 0. The number of nitrogens with zero attached hydrogens (tertiary/aromatic N) is 12. The number of ether oxygens (including phenoxy) is 3. The molecule has 109 heavy (non-hydrogen) atoms. The van der Waals surface area contributed by atoms with E-state index in [1.807, 2.05) is 194 Å². The highest BCUT2D eigenvalue weighted by Gasteiger charge is 2.29. The van der Waals surface area contributed by atoms with Gasteiger partial charge in [-0.3, -0.25) is 15.8 Å². The van der Waals surface area contributed by atoms with Crippen LogP contribution in [0.2, 0.25) is 0 Å². The number of hydrogen-bond acceptors (Lipinski definition) is 15. The van der Waals surface area contributed by atoms with E-state index in [1.54, 1.807) is 12.1 Å². The van der Waals surface area contributed by atoms with Gasteiger partial charge in [0.1, 0.15) is 31.6 Å². The predicted molar refractivity (Wildman–Crippen MR) is 425 cm³/mol. The summed E-state index contributed by atoms with van der Waals surface area (Å²) in [6, 6.07) is 29.1. The second kappa shape index (κ2) is 35.0. The highest BCUT2D eigenvalue weighted by atomic mass is 16.5. The number of H-pyrrole nitrogens is 1. The van der Waals surface area contributed by atoms with Crippen LogP contribution in [0.5, 0.6) is 11.5 Å². The Morgan fingerprint density at radius 1 is 0.578 bits per heavy atom. The molecule has 0 fully saturated rings. The van der Waals surface area contributed by atoms with Crippen LogP contribution in [-0.4, -0.2) is 171 Å². The van der Waals surface area contributed by atoms with Crippen LogP contribution in [0.4, 0.5) is 0 Å². The second-order valence-corrected chi connectivity index (χ2v) is 26.0. The summed E-state index contributed by atoms with van der Waals surface area (Å²) in [6.45, 7) is -0.210. The third-order valence-corrected chi connectivity index (χ3v) is 18.1. The summed E-state index contributed by atoms with van der Waals surface area (Å²) in [4.78, 5) is 61.1. The van der Waals surface area contributed by atoms with Crippen molar-refractivity contribution >= 4 is 103 Å². The monoisotopic (exact) mass is 1470 g/mol. The molecule has 0 saturated heterocycles. The van der Waals surface area contributed by atoms with Crippen molar-refractivity contribution in [3.05, 3.63) is 251 Å². The topological polar surface area (TPSA) is 408 Å². The first-order valence-corrected chi connectivity index (χ1v) is 35.5. The van der Waals surface area contributed by atoms with Crippen molar-refractivity contribution in [3.63, 3.8) is 0 Å². The average Bonchev–Trinajstić information content (AvgIpc) is 1.74. The van der Waals surface area contributed by atoms with Gasteiger partial charge in [-0.05, 0) is 152 Å². The molecule has 28 heteroatoms. The lowest BCUT2D eigenvalue weighted by Crippen LogP contribution is -2.32. The fourth-order valence-electron chi connectivity index (χ4n) is 12.8. The van der Waals surface area contributed by atoms with E-state index in [4.69, 9.17) is 56.5 Å². The Labute approximate surface area is 628 Å². The molecule has 5 aliphatic rings. The molecule has 3 aromatic carbocycles. The Bertz CT molecular complexity index is 5180. The fourth-order valence-corrected chi connectivity index (χ4v) is 12.8. The third-order valence-electron chi connectivity index (χ3n) is 18.1. The lowest BCUT2D eigenvalue weighted by Gasteiger charge is -2.17. The number of aromatic amines is 1. The molecule has 14 N–H and O–H groups in total. The summed E-state index contributed by atoms with van der Waals surface area (Å²) in [5.41, 5.74) is 24.3. The van der Waals surface area contributed by atoms with Crippen LogP contribution in [0.25, 0.3) is 38.5 Å². The Morgan fingerprint density at radius 2 is 1.06 bits per heavy atom. The molecule has 0 saturated carbocycles. The van der Waals surface area contributed by atoms with Gasteiger partial charge in [-0.2, -0.15) is 4.99 Å². The molecule has 2 atom stereocenters. The SMILES string of the molecule is COC(=O)C(CCCNC(=N)N)N=C(O)COc1cc(OCC(O)=NC(CCCNC(=N)N)C(O)=NC(O)=NCCCCCN=C(O)c2c3ccccc3nc3ccccc23)cc(C2=C3C=CC(=N3)C(=C3C=CN(C)C=C3)C3=NC(=C(c4cc[n+](C)cc4)C4=NC(=C(c5cc[n+](C)cc5)c5ccc2[nH]5)C=C4)C=C3)c1. The number of amidine groups is 1. The van der Waals surface area contributed by atoms with Crippen LogP contribution in [0, 0.1) is 10.8 Å². The molecule has 5 aliphatic heterocycles. The zero-order chi connectivity index (χ0) is 76.5. The number of unbranched alkanes of at least 4 members (excludes halogenated alkanes) is 2. The number of aromatic nitrogens is 4. The van der Waals surface area contributed by atoms with Crippen molar-refractivity contribution in [2.75, 3.05) is 53.6 Å². The normalized spacial score (nSPS) is 15.8. The molecule has 0 radical (unpaired) electrons. The number of fused-ring (bicyclic) bond motifs is 7. The number of carbonyl (C=O) groups excluding carboxylic acids is 1. The Balaban J connectivity index is 0.884. The number of hydrogen-bond donors (Lipinski definition) is 12. The predicted octanol–water partition coefficient (Wildman–Crippen LogP) is 9.76. The van der Waals surface area contributed by atoms with E-state index in [9.17, 15) is 30.3 Å². The van der Waals surface area contributed by atoms with Gasteiger partial charge in [-0.1, -0.05) is 36.4 Å². The Hall–Kier alpha value is -13.7. The third kappa shape index (κ3) is 18.9. The molecule has 0 aliphatic carbocycles. The van der Waals surface area contributed by atoms with Gasteiger partial charge in [0.05, 0.1) is 57.9 Å². The van der Waals surface area contributed by atoms with E-state index in [0.29, 0.717) is 94.5 Å². The molecule has 9 heterocycles. The van der Waals surface area contributed by atoms with Gasteiger partial charge in [-0.15, -0.1) is 0 Å². The second-order valence-electron chi connectivity index (χ2n) is 26.0. The van der Waals surface area contributed by atoms with Gasteiger partial charge in [0.15, 0.2) is 56.0 Å². The van der Waals surface area contributed by atoms with Crippen molar-refractivity contribution < 1.29 is 53.7 Å². The Morgan fingerprint density at radius 3 is 1.59 bits per heavy atom. The minimum Gasteiger partial charge on any atom is -0.495 e. The number of aliphatic imine (C=N–C) groups is 8. The van der Waals surface area contributed by atoms with E-state index in [0.717, 1.165) is 55.2 Å². The van der Waals surface area contributed by atoms with Gasteiger partial charge >= 0.3 is 12.0 Å². The molecule has 28 nitrogen and oxygen atoms in total. The smallest absolute Gasteiger partial charge is 0.330 e. The van der Waals surface area contributed by atoms with Gasteiger partial charge in [0.25, 0.3) is 0 Å². The molecule has 0 amide bonds. The minimum absolute atomic E-state index is 0.0451. The van der Waals surface area contributed by atoms with Crippen LogP contribution in [0.3, 0.4) is 0 Å². The first-order valence-electron chi connectivity index (χ1n) is 35.5. The van der Waals surface area contributed by atoms with E-state index in [1.165, 1.54) is 13.2 Å². The first-order chi connectivity index (χ1) is 52.8. The fraction of sp³-hybridized carbons (Fsp3) is 0.235. The van der Waals surface area contributed by atoms with Crippen LogP contribution >= 0.6 is 0 Å². The van der Waals surface area contributed by atoms with Crippen LogP contribution < -0.4 is 40.7 Å². The van der Waals surface area contributed by atoms with Crippen LogP contribution in [-0.2, 0) is 23.6 Å². The number of nitrogens with two attached hydrogens (primary N) is 2. The Kier molecular flexibility index (Phi) is 24.1. The van der Waals surface area contributed by atoms with E-state index < -0.39 is 55.0 Å². The molecular weight excluding hydrogens is 1380 g/mol. The first kappa shape index (κ1) is 75.0. The highest BCUT2D eigenvalue weighted by Crippen LogP contribution is 2.40. The average molecular weight is 1470 g/mol. The summed E-state index contributed by atoms with van der Waals surface area (Å²) in [5, 5.41) is 79.2. The van der Waals surface area contributed by atoms with Gasteiger partial charge in [0, 0.05) is 120 Å². The lowest BCUT2D eigenvalue weighted by molar-refractivity contribution is -0.671. The van der Waals surface area contributed by atoms with Gasteiger partial charge in [0.2, 0.25) is 23.6 Å². The van der Waals surface area contributed by atoms with Crippen LogP contribution in [0.15, 0.2) is 257 Å². The number of para-hydroxylation sites is 2. The number of aliphatic hydroxyl groups excluding tert-OH is 5. The van der Waals surface area contributed by atoms with Crippen molar-refractivity contribution in [1.29, 1.82) is 10.8 Å². The quantitative estimate of drug-likeness (QED) is 0.00542. The van der Waals surface area contributed by atoms with Crippen LogP contribution in [0.1, 0.15) is 78.6 Å². The number of pyridine rings is 3. The molecule has 4 aromatic heterocycles. The molecule has 12 rings (SSSR count). The number of methoxy groups -OCH3 is 1. The highest BCUT2D eigenvalue weighted by molar-refractivity contribution is 6.36. The zero-order valence-corrected chi connectivity index (χ0v) is 60.6. The summed E-state index contributed by atoms with van der Waals surface area (Å²) in [5.74, 6) is -2.86. The van der Waals surface area contributed by atoms with Gasteiger partial charge < -0.3 is 71.7 Å². The number of aryl methyl sites for hydroxylation is 2. The van der Waals surface area contributed by atoms with Crippen molar-refractivity contribution in [2.24, 2.45) is 65.5 Å². The lowest BCUT2D eigenvalue weighted by atomic mass is 9.97. The summed E-state index contributed by atoms with van der Waals surface area (Å²) in [6.07, 6.45) is 30.3. The van der Waals surface area contributed by atoms with Crippen molar-refractivity contribution in [3.8, 4) is 11.5 Å².